The smallest absolute Gasteiger partial charge is 0.289 e. The number of halogens is 2. The third-order valence-corrected chi connectivity index (χ3v) is 3.04. The second-order valence-electron chi connectivity index (χ2n) is 4.13. The molecule has 4 nitrogen and oxygen atoms in total. The first kappa shape index (κ1) is 11.5. The molecule has 6 heteroatoms. The maximum absolute atomic E-state index is 13.6. The molecule has 0 saturated carbocycles. The van der Waals surface area contributed by atoms with E-state index in [9.17, 15) is 23.7 Å². The molecule has 3 rings (SSSR count). The van der Waals surface area contributed by atoms with Crippen LogP contribution >= 0.6 is 0 Å². The van der Waals surface area contributed by atoms with Gasteiger partial charge in [0.2, 0.25) is 5.82 Å². The van der Waals surface area contributed by atoms with Crippen molar-refractivity contribution in [1.82, 2.24) is 0 Å². The monoisotopic (exact) mass is 261 g/mol. The summed E-state index contributed by atoms with van der Waals surface area (Å²) in [6.07, 6.45) is 0. The first-order chi connectivity index (χ1) is 8.99. The number of carbonyl (C=O) groups is 1. The maximum Gasteiger partial charge on any atom is 0.305 e. The van der Waals surface area contributed by atoms with Gasteiger partial charge in [-0.05, 0) is 29.3 Å². The fourth-order valence-corrected chi connectivity index (χ4v) is 2.20. The number of nitrogens with zero attached hydrogens (tertiary/aromatic N) is 1. The Hall–Kier alpha value is -2.63. The number of benzene rings is 2. The zero-order chi connectivity index (χ0) is 13.7. The molecule has 1 aliphatic carbocycles. The molecule has 0 aromatic heterocycles. The minimum atomic E-state index is -1.02. The molecule has 0 N–H and O–H groups in total. The summed E-state index contributed by atoms with van der Waals surface area (Å²) < 4.78 is 26.7. The Labute approximate surface area is 105 Å². The summed E-state index contributed by atoms with van der Waals surface area (Å²) in [4.78, 5) is 21.8. The topological polar surface area (TPSA) is 60.2 Å². The molecule has 0 saturated heterocycles. The molecule has 94 valence electrons. The van der Waals surface area contributed by atoms with E-state index in [0.29, 0.717) is 5.56 Å². The molecular weight excluding hydrogens is 256 g/mol. The van der Waals surface area contributed by atoms with Gasteiger partial charge in [-0.25, -0.2) is 4.39 Å². The Morgan fingerprint density at radius 2 is 1.63 bits per heavy atom. The molecule has 0 spiro atoms. The Balaban J connectivity index is 2.31. The van der Waals surface area contributed by atoms with E-state index in [4.69, 9.17) is 0 Å². The highest BCUT2D eigenvalue weighted by atomic mass is 19.1. The predicted octanol–water partition coefficient (Wildman–Crippen LogP) is 3.08. The SMILES string of the molecule is O=C1c2cc(F)ccc2-c2cc(F)c([N+](=O)[O-])cc21. The van der Waals surface area contributed by atoms with Crippen LogP contribution in [0.15, 0.2) is 30.3 Å². The van der Waals surface area contributed by atoms with Gasteiger partial charge in [0.1, 0.15) is 5.82 Å². The van der Waals surface area contributed by atoms with Gasteiger partial charge >= 0.3 is 5.69 Å². The first-order valence-corrected chi connectivity index (χ1v) is 5.31. The summed E-state index contributed by atoms with van der Waals surface area (Å²) in [6.45, 7) is 0. The highest BCUT2D eigenvalue weighted by Crippen LogP contribution is 2.39. The number of carbonyl (C=O) groups excluding carboxylic acids is 1. The number of rotatable bonds is 1. The van der Waals surface area contributed by atoms with Gasteiger partial charge in [-0.15, -0.1) is 0 Å². The molecule has 0 bridgehead atoms. The number of nitro groups is 1. The lowest BCUT2D eigenvalue weighted by Gasteiger charge is -2.00. The molecule has 19 heavy (non-hydrogen) atoms. The van der Waals surface area contributed by atoms with Crippen LogP contribution in [0, 0.1) is 21.7 Å². The molecule has 0 unspecified atom stereocenters. The van der Waals surface area contributed by atoms with E-state index in [-0.39, 0.29) is 16.7 Å². The van der Waals surface area contributed by atoms with Crippen LogP contribution in [0.25, 0.3) is 11.1 Å². The van der Waals surface area contributed by atoms with Gasteiger partial charge in [0, 0.05) is 17.2 Å². The molecule has 0 fully saturated rings. The number of hydrogen-bond donors (Lipinski definition) is 0. The van der Waals surface area contributed by atoms with Crippen molar-refractivity contribution in [2.24, 2.45) is 0 Å². The van der Waals surface area contributed by atoms with E-state index >= 15 is 0 Å². The number of ketones is 1. The van der Waals surface area contributed by atoms with Gasteiger partial charge < -0.3 is 0 Å². The lowest BCUT2D eigenvalue weighted by Crippen LogP contribution is -1.99. The van der Waals surface area contributed by atoms with Crippen molar-refractivity contribution in [1.29, 1.82) is 0 Å². The van der Waals surface area contributed by atoms with Crippen LogP contribution in [-0.2, 0) is 0 Å². The Bertz CT molecular complexity index is 756. The van der Waals surface area contributed by atoms with Crippen molar-refractivity contribution in [2.45, 2.75) is 0 Å². The summed E-state index contributed by atoms with van der Waals surface area (Å²) in [5.41, 5.74) is -0.0118. The number of nitro benzene ring substituents is 1. The van der Waals surface area contributed by atoms with Crippen molar-refractivity contribution in [3.63, 3.8) is 0 Å². The maximum atomic E-state index is 13.6. The largest absolute Gasteiger partial charge is 0.305 e. The van der Waals surface area contributed by atoms with Gasteiger partial charge in [-0.2, -0.15) is 4.39 Å². The normalized spacial score (nSPS) is 12.2. The zero-order valence-corrected chi connectivity index (χ0v) is 9.31. The molecule has 0 aliphatic heterocycles. The minimum Gasteiger partial charge on any atom is -0.289 e. The molecule has 1 aliphatic rings. The molecule has 2 aromatic rings. The summed E-state index contributed by atoms with van der Waals surface area (Å²) in [5, 5.41) is 10.6. The predicted molar refractivity (Wildman–Crippen MR) is 61.9 cm³/mol. The van der Waals surface area contributed by atoms with E-state index < -0.39 is 28.0 Å². The van der Waals surface area contributed by atoms with Gasteiger partial charge in [0.05, 0.1) is 4.92 Å². The fraction of sp³-hybridized carbons (Fsp3) is 0. The lowest BCUT2D eigenvalue weighted by molar-refractivity contribution is -0.387. The highest BCUT2D eigenvalue weighted by Gasteiger charge is 2.31. The summed E-state index contributed by atoms with van der Waals surface area (Å²) in [5.74, 6) is -2.14. The van der Waals surface area contributed by atoms with Gasteiger partial charge in [0.25, 0.3) is 0 Å². The molecule has 2 aromatic carbocycles. The Kier molecular flexibility index (Phi) is 2.22. The van der Waals surface area contributed by atoms with Crippen LogP contribution in [0.5, 0.6) is 0 Å². The molecule has 0 heterocycles. The quantitative estimate of drug-likeness (QED) is 0.499. The van der Waals surface area contributed by atoms with E-state index in [1.54, 1.807) is 0 Å². The minimum absolute atomic E-state index is 0.0219. The van der Waals surface area contributed by atoms with E-state index in [1.165, 1.54) is 6.07 Å². The second kappa shape index (κ2) is 3.68. The van der Waals surface area contributed by atoms with Gasteiger partial charge in [0.15, 0.2) is 5.78 Å². The van der Waals surface area contributed by atoms with Crippen LogP contribution in [-0.4, -0.2) is 10.7 Å². The van der Waals surface area contributed by atoms with Crippen LogP contribution in [0.1, 0.15) is 15.9 Å². The van der Waals surface area contributed by atoms with Gasteiger partial charge in [-0.3, -0.25) is 14.9 Å². The van der Waals surface area contributed by atoms with Crippen molar-refractivity contribution < 1.29 is 18.5 Å². The summed E-state index contributed by atoms with van der Waals surface area (Å²) in [6, 6.07) is 5.39. The van der Waals surface area contributed by atoms with Crippen LogP contribution < -0.4 is 0 Å². The molecule has 0 atom stereocenters. The summed E-state index contributed by atoms with van der Waals surface area (Å²) in [7, 11) is 0. The van der Waals surface area contributed by atoms with Crippen LogP contribution in [0.2, 0.25) is 0 Å². The molecule has 0 amide bonds. The first-order valence-electron chi connectivity index (χ1n) is 5.31. The highest BCUT2D eigenvalue weighted by molar-refractivity contribution is 6.21. The van der Waals surface area contributed by atoms with E-state index in [2.05, 4.69) is 0 Å². The Morgan fingerprint density at radius 1 is 0.947 bits per heavy atom. The van der Waals surface area contributed by atoms with Crippen molar-refractivity contribution in [3.05, 3.63) is 63.2 Å². The summed E-state index contributed by atoms with van der Waals surface area (Å²) >= 11 is 0. The standard InChI is InChI=1S/C13H5F2NO3/c14-6-1-2-7-8-4-11(15)12(16(18)19)5-10(8)13(17)9(7)3-6/h1-5H. The van der Waals surface area contributed by atoms with Crippen molar-refractivity contribution in [2.75, 3.05) is 0 Å². The van der Waals surface area contributed by atoms with Gasteiger partial charge in [-0.1, -0.05) is 6.07 Å². The Morgan fingerprint density at radius 3 is 2.32 bits per heavy atom. The number of hydrogen-bond acceptors (Lipinski definition) is 3. The molecular formula is C13H5F2NO3. The van der Waals surface area contributed by atoms with E-state index in [1.807, 2.05) is 0 Å². The lowest BCUT2D eigenvalue weighted by atomic mass is 10.1. The number of fused-ring (bicyclic) bond motifs is 3. The fourth-order valence-electron chi connectivity index (χ4n) is 2.20. The van der Waals surface area contributed by atoms with Crippen LogP contribution in [0.3, 0.4) is 0 Å². The third kappa shape index (κ3) is 1.53. The van der Waals surface area contributed by atoms with E-state index in [0.717, 1.165) is 24.3 Å². The third-order valence-electron chi connectivity index (χ3n) is 3.04. The average molecular weight is 261 g/mol. The van der Waals surface area contributed by atoms with Crippen molar-refractivity contribution >= 4 is 11.5 Å². The second-order valence-corrected chi connectivity index (χ2v) is 4.13. The zero-order valence-electron chi connectivity index (χ0n) is 9.31. The average Bonchev–Trinajstić information content (AvgIpc) is 2.61. The molecule has 0 radical (unpaired) electrons. The van der Waals surface area contributed by atoms with Crippen LogP contribution in [0.4, 0.5) is 14.5 Å². The van der Waals surface area contributed by atoms with Crippen molar-refractivity contribution in [3.8, 4) is 11.1 Å².